The van der Waals surface area contributed by atoms with Crippen LogP contribution in [0.3, 0.4) is 0 Å². The summed E-state index contributed by atoms with van der Waals surface area (Å²) in [4.78, 5) is 19.4. The number of methoxy groups -OCH3 is 1. The van der Waals surface area contributed by atoms with Gasteiger partial charge in [-0.3, -0.25) is 4.98 Å². The summed E-state index contributed by atoms with van der Waals surface area (Å²) in [6.45, 7) is 2.13. The van der Waals surface area contributed by atoms with Crippen molar-refractivity contribution < 1.29 is 14.3 Å². The Morgan fingerprint density at radius 2 is 1.89 bits per heavy atom. The number of aromatic nitrogens is 4. The third kappa shape index (κ3) is 3.29. The third-order valence-electron chi connectivity index (χ3n) is 4.35. The standard InChI is InChI=1S/C21H18N4O3/c1-3-28-21(26)14-4-5-17-15(10-14)11-19(23-17)16-12-18(24-25-20(16)27-2)13-6-8-22-9-7-13/h4-12,23H,3H2,1-2H3. The SMILES string of the molecule is CCOC(=O)c1ccc2[nH]c(-c3cc(-c4ccncc4)nnc3OC)cc2c1. The van der Waals surface area contributed by atoms with Crippen LogP contribution in [0.4, 0.5) is 0 Å². The fourth-order valence-corrected chi connectivity index (χ4v) is 3.01. The molecular formula is C21H18N4O3. The van der Waals surface area contributed by atoms with Gasteiger partial charge in [-0.15, -0.1) is 10.2 Å². The van der Waals surface area contributed by atoms with Gasteiger partial charge < -0.3 is 14.5 Å². The summed E-state index contributed by atoms with van der Waals surface area (Å²) in [6, 6.07) is 13.0. The maximum Gasteiger partial charge on any atom is 0.338 e. The monoisotopic (exact) mass is 374 g/mol. The first kappa shape index (κ1) is 17.7. The van der Waals surface area contributed by atoms with Crippen molar-refractivity contribution in [2.24, 2.45) is 0 Å². The predicted molar refractivity (Wildman–Crippen MR) is 105 cm³/mol. The summed E-state index contributed by atoms with van der Waals surface area (Å²) in [7, 11) is 1.56. The number of aromatic amines is 1. The van der Waals surface area contributed by atoms with Crippen molar-refractivity contribution in [2.45, 2.75) is 6.92 Å². The molecule has 0 unspecified atom stereocenters. The molecule has 7 nitrogen and oxygen atoms in total. The Bertz CT molecular complexity index is 1140. The molecule has 0 aliphatic rings. The van der Waals surface area contributed by atoms with E-state index in [1.165, 1.54) is 0 Å². The molecule has 1 aromatic carbocycles. The second-order valence-corrected chi connectivity index (χ2v) is 6.09. The van der Waals surface area contributed by atoms with Gasteiger partial charge in [0.2, 0.25) is 5.88 Å². The van der Waals surface area contributed by atoms with Gasteiger partial charge in [0.15, 0.2) is 0 Å². The van der Waals surface area contributed by atoms with Crippen LogP contribution < -0.4 is 4.74 Å². The largest absolute Gasteiger partial charge is 0.479 e. The summed E-state index contributed by atoms with van der Waals surface area (Å²) in [5.74, 6) is 0.0743. The topological polar surface area (TPSA) is 90.0 Å². The summed E-state index contributed by atoms with van der Waals surface area (Å²) in [5, 5.41) is 9.34. The van der Waals surface area contributed by atoms with Crippen molar-refractivity contribution >= 4 is 16.9 Å². The van der Waals surface area contributed by atoms with Crippen LogP contribution in [-0.4, -0.2) is 39.9 Å². The molecule has 4 rings (SSSR count). The zero-order valence-corrected chi connectivity index (χ0v) is 15.5. The van der Waals surface area contributed by atoms with E-state index >= 15 is 0 Å². The lowest BCUT2D eigenvalue weighted by Crippen LogP contribution is -2.03. The van der Waals surface area contributed by atoms with Gasteiger partial charge in [-0.25, -0.2) is 4.79 Å². The number of fused-ring (bicyclic) bond motifs is 1. The number of carbonyl (C=O) groups is 1. The second kappa shape index (κ2) is 7.48. The van der Waals surface area contributed by atoms with Gasteiger partial charge in [0.1, 0.15) is 0 Å². The lowest BCUT2D eigenvalue weighted by atomic mass is 10.1. The normalized spacial score (nSPS) is 10.8. The Kier molecular flexibility index (Phi) is 4.72. The molecule has 3 heterocycles. The quantitative estimate of drug-likeness (QED) is 0.533. The molecular weight excluding hydrogens is 356 g/mol. The maximum atomic E-state index is 12.0. The Morgan fingerprint density at radius 1 is 1.07 bits per heavy atom. The van der Waals surface area contributed by atoms with Gasteiger partial charge in [0.05, 0.1) is 36.2 Å². The van der Waals surface area contributed by atoms with Crippen LogP contribution in [0.25, 0.3) is 33.4 Å². The summed E-state index contributed by atoms with van der Waals surface area (Å²) < 4.78 is 10.5. The zero-order valence-electron chi connectivity index (χ0n) is 15.5. The van der Waals surface area contributed by atoms with Crippen molar-refractivity contribution in [2.75, 3.05) is 13.7 Å². The van der Waals surface area contributed by atoms with E-state index in [4.69, 9.17) is 9.47 Å². The highest BCUT2D eigenvalue weighted by atomic mass is 16.5. The van der Waals surface area contributed by atoms with Gasteiger partial charge in [0.25, 0.3) is 0 Å². The minimum Gasteiger partial charge on any atom is -0.479 e. The van der Waals surface area contributed by atoms with Crippen LogP contribution in [0.2, 0.25) is 0 Å². The second-order valence-electron chi connectivity index (χ2n) is 6.09. The van der Waals surface area contributed by atoms with E-state index < -0.39 is 0 Å². The van der Waals surface area contributed by atoms with Crippen molar-refractivity contribution in [3.8, 4) is 28.4 Å². The van der Waals surface area contributed by atoms with Crippen LogP contribution in [0, 0.1) is 0 Å². The number of hydrogen-bond donors (Lipinski definition) is 1. The molecule has 3 aromatic heterocycles. The number of hydrogen-bond acceptors (Lipinski definition) is 6. The number of rotatable bonds is 5. The molecule has 0 radical (unpaired) electrons. The average molecular weight is 374 g/mol. The highest BCUT2D eigenvalue weighted by molar-refractivity contribution is 5.96. The molecule has 0 aliphatic heterocycles. The Morgan fingerprint density at radius 3 is 2.64 bits per heavy atom. The molecule has 0 amide bonds. The van der Waals surface area contributed by atoms with E-state index in [1.54, 1.807) is 38.6 Å². The lowest BCUT2D eigenvalue weighted by Gasteiger charge is -2.07. The molecule has 0 saturated heterocycles. The van der Waals surface area contributed by atoms with E-state index in [1.807, 2.05) is 30.3 Å². The molecule has 0 aliphatic carbocycles. The molecule has 0 spiro atoms. The first-order valence-corrected chi connectivity index (χ1v) is 8.82. The van der Waals surface area contributed by atoms with E-state index in [0.717, 1.165) is 27.7 Å². The highest BCUT2D eigenvalue weighted by Crippen LogP contribution is 2.32. The van der Waals surface area contributed by atoms with Gasteiger partial charge in [-0.1, -0.05) is 0 Å². The minimum atomic E-state index is -0.338. The molecule has 0 fully saturated rings. The number of ether oxygens (including phenoxy) is 2. The molecule has 4 aromatic rings. The van der Waals surface area contributed by atoms with Crippen LogP contribution in [0.1, 0.15) is 17.3 Å². The molecule has 0 atom stereocenters. The third-order valence-corrected chi connectivity index (χ3v) is 4.35. The van der Waals surface area contributed by atoms with Gasteiger partial charge in [-0.05, 0) is 49.4 Å². The Hall–Kier alpha value is -3.74. The first-order chi connectivity index (χ1) is 13.7. The molecule has 0 saturated carbocycles. The van der Waals surface area contributed by atoms with Crippen molar-refractivity contribution in [1.29, 1.82) is 0 Å². The number of carbonyl (C=O) groups excluding carboxylic acids is 1. The molecule has 7 heteroatoms. The Labute approximate surface area is 161 Å². The van der Waals surface area contributed by atoms with Crippen LogP contribution in [0.5, 0.6) is 5.88 Å². The first-order valence-electron chi connectivity index (χ1n) is 8.82. The number of esters is 1. The minimum absolute atomic E-state index is 0.338. The molecule has 140 valence electrons. The predicted octanol–water partition coefficient (Wildman–Crippen LogP) is 3.87. The van der Waals surface area contributed by atoms with Crippen LogP contribution in [-0.2, 0) is 4.74 Å². The molecule has 1 N–H and O–H groups in total. The van der Waals surface area contributed by atoms with E-state index in [9.17, 15) is 4.79 Å². The fraction of sp³-hybridized carbons (Fsp3) is 0.143. The number of nitrogens with one attached hydrogen (secondary N) is 1. The number of H-pyrrole nitrogens is 1. The van der Waals surface area contributed by atoms with Crippen molar-refractivity contribution in [3.05, 3.63) is 60.4 Å². The smallest absolute Gasteiger partial charge is 0.338 e. The van der Waals surface area contributed by atoms with E-state index in [2.05, 4.69) is 20.2 Å². The summed E-state index contributed by atoms with van der Waals surface area (Å²) in [6.07, 6.45) is 3.42. The van der Waals surface area contributed by atoms with Crippen LogP contribution >= 0.6 is 0 Å². The van der Waals surface area contributed by atoms with Crippen LogP contribution in [0.15, 0.2) is 54.9 Å². The highest BCUT2D eigenvalue weighted by Gasteiger charge is 2.15. The van der Waals surface area contributed by atoms with Crippen molar-refractivity contribution in [3.63, 3.8) is 0 Å². The number of nitrogens with zero attached hydrogens (tertiary/aromatic N) is 3. The number of pyridine rings is 1. The molecule has 0 bridgehead atoms. The molecule has 28 heavy (non-hydrogen) atoms. The van der Waals surface area contributed by atoms with E-state index in [0.29, 0.717) is 23.7 Å². The van der Waals surface area contributed by atoms with Gasteiger partial charge >= 0.3 is 5.97 Å². The average Bonchev–Trinajstić information content (AvgIpc) is 3.17. The van der Waals surface area contributed by atoms with Gasteiger partial charge in [-0.2, -0.15) is 0 Å². The zero-order chi connectivity index (χ0) is 19.5. The van der Waals surface area contributed by atoms with Crippen molar-refractivity contribution in [1.82, 2.24) is 20.2 Å². The van der Waals surface area contributed by atoms with E-state index in [-0.39, 0.29) is 5.97 Å². The number of benzene rings is 1. The summed E-state index contributed by atoms with van der Waals surface area (Å²) >= 11 is 0. The summed E-state index contributed by atoms with van der Waals surface area (Å²) in [5.41, 5.74) is 4.62. The maximum absolute atomic E-state index is 12.0. The van der Waals surface area contributed by atoms with Gasteiger partial charge in [0, 0.05) is 28.9 Å². The Balaban J connectivity index is 1.79. The fourth-order valence-electron chi connectivity index (χ4n) is 3.01. The lowest BCUT2D eigenvalue weighted by molar-refractivity contribution is 0.0526.